The van der Waals surface area contributed by atoms with E-state index < -0.39 is 4.92 Å². The predicted octanol–water partition coefficient (Wildman–Crippen LogP) is 1.89. The molecule has 3 rings (SSSR count). The molecule has 26 heavy (non-hydrogen) atoms. The molecule has 0 saturated carbocycles. The molecule has 2 aromatic rings. The molecule has 0 unspecified atom stereocenters. The maximum Gasteiger partial charge on any atom is 0.337 e. The number of carbonyl (C=O) groups excluding carboxylic acids is 1. The molecule has 0 aromatic heterocycles. The zero-order valence-electron chi connectivity index (χ0n) is 14.0. The Bertz CT molecular complexity index is 848. The zero-order valence-corrected chi connectivity index (χ0v) is 14.0. The van der Waals surface area contributed by atoms with Gasteiger partial charge in [-0.05, 0) is 29.8 Å². The number of nitrogens with zero attached hydrogens (tertiary/aromatic N) is 4. The van der Waals surface area contributed by atoms with Gasteiger partial charge in [0.25, 0.3) is 5.69 Å². The molecule has 0 bridgehead atoms. The number of rotatable bonds is 5. The van der Waals surface area contributed by atoms with Gasteiger partial charge >= 0.3 is 5.97 Å². The lowest BCUT2D eigenvalue weighted by Gasteiger charge is -2.20. The topological polar surface area (TPSA) is 114 Å². The summed E-state index contributed by atoms with van der Waals surface area (Å²) in [6.07, 6.45) is 0. The smallest absolute Gasteiger partial charge is 0.337 e. The Morgan fingerprint density at radius 3 is 2.46 bits per heavy atom. The van der Waals surface area contributed by atoms with Gasteiger partial charge in [-0.25, -0.2) is 9.80 Å². The first-order valence-electron chi connectivity index (χ1n) is 7.76. The van der Waals surface area contributed by atoms with Gasteiger partial charge in [0.2, 0.25) is 5.96 Å². The number of anilines is 1. The van der Waals surface area contributed by atoms with Crippen LogP contribution >= 0.6 is 0 Å². The first-order chi connectivity index (χ1) is 12.5. The van der Waals surface area contributed by atoms with Crippen LogP contribution in [0.3, 0.4) is 0 Å². The number of non-ortho nitro benzene ring substituents is 1. The average molecular weight is 355 g/mol. The quantitative estimate of drug-likeness (QED) is 0.495. The van der Waals surface area contributed by atoms with E-state index in [2.05, 4.69) is 9.84 Å². The summed E-state index contributed by atoms with van der Waals surface area (Å²) in [7, 11) is 1.34. The van der Waals surface area contributed by atoms with Gasteiger partial charge in [0.05, 0.1) is 23.3 Å². The fraction of sp³-hybridized carbons (Fsp3) is 0.176. The van der Waals surface area contributed by atoms with Crippen molar-refractivity contribution in [1.29, 1.82) is 0 Å². The van der Waals surface area contributed by atoms with Crippen LogP contribution in [0, 0.1) is 10.1 Å². The minimum absolute atomic E-state index is 0.0208. The summed E-state index contributed by atoms with van der Waals surface area (Å²) in [6.45, 7) is 0.933. The second-order valence-corrected chi connectivity index (χ2v) is 5.66. The third-order valence-corrected chi connectivity index (χ3v) is 3.96. The van der Waals surface area contributed by atoms with Crippen molar-refractivity contribution in [1.82, 2.24) is 4.90 Å². The largest absolute Gasteiger partial charge is 0.465 e. The van der Waals surface area contributed by atoms with Crippen molar-refractivity contribution in [3.05, 3.63) is 69.8 Å². The molecule has 0 amide bonds. The molecule has 1 aliphatic rings. The van der Waals surface area contributed by atoms with E-state index in [1.165, 1.54) is 19.2 Å². The van der Waals surface area contributed by atoms with Gasteiger partial charge in [-0.2, -0.15) is 0 Å². The highest BCUT2D eigenvalue weighted by molar-refractivity contribution is 5.89. The number of hydrogen-bond donors (Lipinski definition) is 1. The van der Waals surface area contributed by atoms with Gasteiger partial charge in [-0.1, -0.05) is 12.1 Å². The van der Waals surface area contributed by atoms with Crippen molar-refractivity contribution in [2.24, 2.45) is 10.8 Å². The Kier molecular flexibility index (Phi) is 4.70. The van der Waals surface area contributed by atoms with Crippen LogP contribution in [0.4, 0.5) is 11.4 Å². The number of esters is 1. The monoisotopic (exact) mass is 355 g/mol. The second kappa shape index (κ2) is 7.09. The molecule has 2 aromatic carbocycles. The van der Waals surface area contributed by atoms with Crippen LogP contribution < -0.4 is 10.7 Å². The van der Waals surface area contributed by atoms with Crippen molar-refractivity contribution in [3.63, 3.8) is 0 Å². The molecule has 0 aliphatic carbocycles. The third-order valence-electron chi connectivity index (χ3n) is 3.96. The molecule has 0 spiro atoms. The fourth-order valence-corrected chi connectivity index (χ4v) is 2.55. The summed E-state index contributed by atoms with van der Waals surface area (Å²) in [5.74, 6) is -0.0384. The summed E-state index contributed by atoms with van der Waals surface area (Å²) >= 11 is 0. The number of hydrogen-bond acceptors (Lipinski definition) is 8. The lowest BCUT2D eigenvalue weighted by atomic mass is 10.1. The molecule has 1 aliphatic heterocycles. The number of methoxy groups -OCH3 is 1. The average Bonchev–Trinajstić information content (AvgIpc) is 3.02. The lowest BCUT2D eigenvalue weighted by Crippen LogP contribution is -2.34. The minimum atomic E-state index is -0.449. The maximum absolute atomic E-state index is 11.5. The van der Waals surface area contributed by atoms with Crippen molar-refractivity contribution >= 4 is 23.3 Å². The Balaban J connectivity index is 1.67. The van der Waals surface area contributed by atoms with Gasteiger partial charge in [-0.3, -0.25) is 10.1 Å². The first-order valence-corrected chi connectivity index (χ1v) is 7.76. The molecular formula is C17H17N5O4. The van der Waals surface area contributed by atoms with Crippen molar-refractivity contribution in [2.45, 2.75) is 6.54 Å². The summed E-state index contributed by atoms with van der Waals surface area (Å²) in [4.78, 5) is 23.6. The Labute approximate surface area is 149 Å². The molecule has 2 N–H and O–H groups in total. The number of nitro groups is 1. The van der Waals surface area contributed by atoms with Gasteiger partial charge in [0, 0.05) is 18.7 Å². The van der Waals surface area contributed by atoms with Crippen molar-refractivity contribution < 1.29 is 14.5 Å². The molecule has 0 saturated heterocycles. The second-order valence-electron chi connectivity index (χ2n) is 5.66. The first kappa shape index (κ1) is 17.2. The number of ether oxygens (including phenoxy) is 1. The van der Waals surface area contributed by atoms with Crippen molar-refractivity contribution in [3.8, 4) is 0 Å². The molecule has 0 fully saturated rings. The van der Waals surface area contributed by atoms with Gasteiger partial charge in [-0.15, -0.1) is 5.10 Å². The number of hydrazone groups is 1. The number of guanidine groups is 1. The van der Waals surface area contributed by atoms with Crippen LogP contribution in [0.5, 0.6) is 0 Å². The molecule has 9 heteroatoms. The predicted molar refractivity (Wildman–Crippen MR) is 95.4 cm³/mol. The lowest BCUT2D eigenvalue weighted by molar-refractivity contribution is -0.384. The van der Waals surface area contributed by atoms with Crippen LogP contribution in [0.25, 0.3) is 0 Å². The Morgan fingerprint density at radius 2 is 1.88 bits per heavy atom. The zero-order chi connectivity index (χ0) is 18.7. The highest BCUT2D eigenvalue weighted by Crippen LogP contribution is 2.23. The molecule has 134 valence electrons. The highest BCUT2D eigenvalue weighted by atomic mass is 16.6. The summed E-state index contributed by atoms with van der Waals surface area (Å²) in [5.41, 5.74) is 8.15. The summed E-state index contributed by atoms with van der Waals surface area (Å²) < 4.78 is 4.68. The van der Waals surface area contributed by atoms with Crippen molar-refractivity contribution in [2.75, 3.05) is 18.8 Å². The van der Waals surface area contributed by atoms with Gasteiger partial charge in [0.1, 0.15) is 6.67 Å². The summed E-state index contributed by atoms with van der Waals surface area (Å²) in [6, 6.07) is 13.1. The number of nitrogens with two attached hydrogens (primary N) is 1. The molecule has 9 nitrogen and oxygen atoms in total. The van der Waals surface area contributed by atoms with Crippen LogP contribution in [0.1, 0.15) is 15.9 Å². The van der Waals surface area contributed by atoms with E-state index in [9.17, 15) is 14.9 Å². The Hall–Kier alpha value is -3.62. The fourth-order valence-electron chi connectivity index (χ4n) is 2.55. The van der Waals surface area contributed by atoms with Crippen LogP contribution in [0.15, 0.2) is 53.6 Å². The van der Waals surface area contributed by atoms with E-state index in [-0.39, 0.29) is 11.7 Å². The maximum atomic E-state index is 11.5. The molecular weight excluding hydrogens is 338 g/mol. The van der Waals surface area contributed by atoms with Gasteiger partial charge < -0.3 is 15.4 Å². The highest BCUT2D eigenvalue weighted by Gasteiger charge is 2.22. The van der Waals surface area contributed by atoms with Gasteiger partial charge in [0.15, 0.2) is 0 Å². The molecule has 0 atom stereocenters. The van der Waals surface area contributed by atoms with E-state index in [4.69, 9.17) is 5.73 Å². The number of nitro benzene ring substituents is 1. The minimum Gasteiger partial charge on any atom is -0.465 e. The van der Waals surface area contributed by atoms with E-state index >= 15 is 0 Å². The van der Waals surface area contributed by atoms with Crippen LogP contribution in [-0.4, -0.2) is 35.5 Å². The SMILES string of the molecule is COC(=O)c1ccc(CN2CN(c3ccc([N+](=O)[O-])cc3)N=C2N)cc1. The van der Waals surface area contributed by atoms with E-state index in [1.54, 1.807) is 29.3 Å². The normalized spacial score (nSPS) is 13.5. The van der Waals surface area contributed by atoms with E-state index in [0.29, 0.717) is 30.4 Å². The number of carbonyl (C=O) groups is 1. The van der Waals surface area contributed by atoms with E-state index in [1.807, 2.05) is 17.0 Å². The van der Waals surface area contributed by atoms with Crippen LogP contribution in [-0.2, 0) is 11.3 Å². The molecule has 1 heterocycles. The number of benzene rings is 2. The standard InChI is InChI=1S/C17H17N5O4/c1-26-16(23)13-4-2-12(3-5-13)10-20-11-21(19-17(20)18)14-6-8-15(9-7-14)22(24)25/h2-9H,10-11H2,1H3,(H2,18,19). The molecule has 0 radical (unpaired) electrons. The third kappa shape index (κ3) is 3.56. The summed E-state index contributed by atoms with van der Waals surface area (Å²) in [5, 5.41) is 16.7. The Morgan fingerprint density at radius 1 is 1.23 bits per heavy atom. The van der Waals surface area contributed by atoms with Crippen LogP contribution in [0.2, 0.25) is 0 Å². The van der Waals surface area contributed by atoms with E-state index in [0.717, 1.165) is 5.56 Å².